The average molecular weight is 269 g/mol. The van der Waals surface area contributed by atoms with Gasteiger partial charge in [0.05, 0.1) is 0 Å². The Bertz CT molecular complexity index is 595. The molecule has 20 heavy (non-hydrogen) atoms. The van der Waals surface area contributed by atoms with Gasteiger partial charge < -0.3 is 14.8 Å². The maximum atomic E-state index is 5.60. The van der Waals surface area contributed by atoms with Crippen LogP contribution in [-0.2, 0) is 13.0 Å². The second-order valence-corrected chi connectivity index (χ2v) is 4.83. The smallest absolute Gasteiger partial charge is 0.163 e. The maximum absolute atomic E-state index is 5.60. The number of anilines is 1. The Morgan fingerprint density at radius 1 is 0.950 bits per heavy atom. The van der Waals surface area contributed by atoms with Gasteiger partial charge in [-0.1, -0.05) is 31.2 Å². The number of hydrogen-bond acceptors (Lipinski definition) is 3. The van der Waals surface area contributed by atoms with Crippen LogP contribution in [0.3, 0.4) is 0 Å². The fraction of sp³-hybridized carbons (Fsp3) is 0.294. The predicted molar refractivity (Wildman–Crippen MR) is 80.6 cm³/mol. The van der Waals surface area contributed by atoms with Crippen molar-refractivity contribution in [2.24, 2.45) is 0 Å². The first-order valence-electron chi connectivity index (χ1n) is 7.07. The molecule has 0 amide bonds. The predicted octanol–water partition coefficient (Wildman–Crippen LogP) is 3.63. The number of fused-ring (bicyclic) bond motifs is 1. The van der Waals surface area contributed by atoms with Crippen LogP contribution in [0.4, 0.5) is 5.69 Å². The van der Waals surface area contributed by atoms with Crippen LogP contribution in [0.15, 0.2) is 42.5 Å². The molecule has 3 nitrogen and oxygen atoms in total. The largest absolute Gasteiger partial charge is 0.486 e. The molecule has 0 aromatic heterocycles. The van der Waals surface area contributed by atoms with Crippen LogP contribution in [-0.4, -0.2) is 13.2 Å². The SMILES string of the molecule is CCc1ccccc1CNc1ccc2c(c1)OCCO2. The van der Waals surface area contributed by atoms with Crippen molar-refractivity contribution >= 4 is 5.69 Å². The lowest BCUT2D eigenvalue weighted by atomic mass is 10.1. The molecule has 0 bridgehead atoms. The molecule has 0 atom stereocenters. The Balaban J connectivity index is 1.72. The van der Waals surface area contributed by atoms with E-state index in [2.05, 4.69) is 36.5 Å². The molecule has 1 aliphatic rings. The summed E-state index contributed by atoms with van der Waals surface area (Å²) in [5, 5.41) is 3.45. The zero-order valence-electron chi connectivity index (χ0n) is 11.7. The summed E-state index contributed by atoms with van der Waals surface area (Å²) >= 11 is 0. The highest BCUT2D eigenvalue weighted by atomic mass is 16.6. The van der Waals surface area contributed by atoms with E-state index in [0.717, 1.165) is 30.2 Å². The van der Waals surface area contributed by atoms with Crippen LogP contribution in [0.25, 0.3) is 0 Å². The lowest BCUT2D eigenvalue weighted by Crippen LogP contribution is -2.15. The van der Waals surface area contributed by atoms with Crippen LogP contribution < -0.4 is 14.8 Å². The van der Waals surface area contributed by atoms with Gasteiger partial charge in [-0.25, -0.2) is 0 Å². The number of hydrogen-bond donors (Lipinski definition) is 1. The van der Waals surface area contributed by atoms with E-state index in [0.29, 0.717) is 13.2 Å². The maximum Gasteiger partial charge on any atom is 0.163 e. The Kier molecular flexibility index (Phi) is 3.77. The highest BCUT2D eigenvalue weighted by Gasteiger charge is 2.11. The summed E-state index contributed by atoms with van der Waals surface area (Å²) in [4.78, 5) is 0. The van der Waals surface area contributed by atoms with Gasteiger partial charge in [0.1, 0.15) is 13.2 Å². The number of benzene rings is 2. The fourth-order valence-electron chi connectivity index (χ4n) is 2.43. The van der Waals surface area contributed by atoms with E-state index in [9.17, 15) is 0 Å². The van der Waals surface area contributed by atoms with Gasteiger partial charge >= 0.3 is 0 Å². The molecule has 0 saturated heterocycles. The van der Waals surface area contributed by atoms with E-state index in [1.54, 1.807) is 0 Å². The van der Waals surface area contributed by atoms with Crippen LogP contribution in [0, 0.1) is 0 Å². The topological polar surface area (TPSA) is 30.5 Å². The lowest BCUT2D eigenvalue weighted by Gasteiger charge is -2.19. The Morgan fingerprint density at radius 3 is 2.50 bits per heavy atom. The third kappa shape index (κ3) is 2.72. The highest BCUT2D eigenvalue weighted by molar-refractivity contribution is 5.55. The van der Waals surface area contributed by atoms with Gasteiger partial charge in [-0.3, -0.25) is 0 Å². The monoisotopic (exact) mass is 269 g/mol. The summed E-state index contributed by atoms with van der Waals surface area (Å²) in [5.74, 6) is 1.65. The molecule has 3 rings (SSSR count). The summed E-state index contributed by atoms with van der Waals surface area (Å²) in [5.41, 5.74) is 3.78. The van der Waals surface area contributed by atoms with E-state index < -0.39 is 0 Å². The van der Waals surface area contributed by atoms with Crippen LogP contribution in [0.5, 0.6) is 11.5 Å². The number of aryl methyl sites for hydroxylation is 1. The third-order valence-electron chi connectivity index (χ3n) is 3.52. The molecule has 0 spiro atoms. The van der Waals surface area contributed by atoms with E-state index >= 15 is 0 Å². The minimum absolute atomic E-state index is 0.620. The van der Waals surface area contributed by atoms with E-state index in [4.69, 9.17) is 9.47 Å². The third-order valence-corrected chi connectivity index (χ3v) is 3.52. The number of rotatable bonds is 4. The molecule has 1 aliphatic heterocycles. The Hall–Kier alpha value is -2.16. The zero-order chi connectivity index (χ0) is 13.8. The Labute approximate surface area is 119 Å². The molecule has 2 aromatic carbocycles. The van der Waals surface area contributed by atoms with E-state index in [1.807, 2.05) is 18.2 Å². The summed E-state index contributed by atoms with van der Waals surface area (Å²) in [6.45, 7) is 4.26. The molecule has 0 unspecified atom stereocenters. The summed E-state index contributed by atoms with van der Waals surface area (Å²) < 4.78 is 11.1. The first-order chi connectivity index (χ1) is 9.86. The normalized spacial score (nSPS) is 13.1. The van der Waals surface area contributed by atoms with E-state index in [1.165, 1.54) is 11.1 Å². The van der Waals surface area contributed by atoms with Crippen LogP contribution >= 0.6 is 0 Å². The van der Waals surface area contributed by atoms with Crippen molar-refractivity contribution in [2.45, 2.75) is 19.9 Å². The standard InChI is InChI=1S/C17H19NO2/c1-2-13-5-3-4-6-14(13)12-18-15-7-8-16-17(11-15)20-10-9-19-16/h3-8,11,18H,2,9-10,12H2,1H3. The molecular formula is C17H19NO2. The van der Waals surface area contributed by atoms with Gasteiger partial charge in [-0.15, -0.1) is 0 Å². The van der Waals surface area contributed by atoms with E-state index in [-0.39, 0.29) is 0 Å². The van der Waals surface area contributed by atoms with Crippen molar-refractivity contribution in [1.29, 1.82) is 0 Å². The highest BCUT2D eigenvalue weighted by Crippen LogP contribution is 2.32. The number of nitrogens with one attached hydrogen (secondary N) is 1. The van der Waals surface area contributed by atoms with Crippen LogP contribution in [0.2, 0.25) is 0 Å². The summed E-state index contributed by atoms with van der Waals surface area (Å²) in [7, 11) is 0. The van der Waals surface area contributed by atoms with Gasteiger partial charge in [0.15, 0.2) is 11.5 Å². The van der Waals surface area contributed by atoms with Crippen LogP contribution in [0.1, 0.15) is 18.1 Å². The first kappa shape index (κ1) is 12.9. The van der Waals surface area contributed by atoms with Crippen molar-refractivity contribution in [3.63, 3.8) is 0 Å². The van der Waals surface area contributed by atoms with Crippen molar-refractivity contribution in [1.82, 2.24) is 0 Å². The van der Waals surface area contributed by atoms with Gasteiger partial charge in [0.2, 0.25) is 0 Å². The minimum atomic E-state index is 0.620. The molecule has 104 valence electrons. The zero-order valence-corrected chi connectivity index (χ0v) is 11.7. The molecule has 0 fully saturated rings. The quantitative estimate of drug-likeness (QED) is 0.919. The number of ether oxygens (including phenoxy) is 2. The van der Waals surface area contributed by atoms with Gasteiger partial charge in [-0.2, -0.15) is 0 Å². The summed E-state index contributed by atoms with van der Waals surface area (Å²) in [6, 6.07) is 14.5. The fourth-order valence-corrected chi connectivity index (χ4v) is 2.43. The molecule has 0 saturated carbocycles. The van der Waals surface area contributed by atoms with Crippen molar-refractivity contribution < 1.29 is 9.47 Å². The van der Waals surface area contributed by atoms with Gasteiger partial charge in [0.25, 0.3) is 0 Å². The van der Waals surface area contributed by atoms with Gasteiger partial charge in [0, 0.05) is 18.3 Å². The summed E-state index contributed by atoms with van der Waals surface area (Å²) in [6.07, 6.45) is 1.05. The second kappa shape index (κ2) is 5.87. The van der Waals surface area contributed by atoms with Crippen molar-refractivity contribution in [2.75, 3.05) is 18.5 Å². The molecule has 3 heteroatoms. The van der Waals surface area contributed by atoms with Crippen molar-refractivity contribution in [3.05, 3.63) is 53.6 Å². The molecular weight excluding hydrogens is 250 g/mol. The molecule has 0 radical (unpaired) electrons. The molecule has 0 aliphatic carbocycles. The second-order valence-electron chi connectivity index (χ2n) is 4.83. The average Bonchev–Trinajstić information content (AvgIpc) is 2.53. The molecule has 2 aromatic rings. The molecule has 1 heterocycles. The van der Waals surface area contributed by atoms with Gasteiger partial charge in [-0.05, 0) is 29.7 Å². The molecule has 1 N–H and O–H groups in total. The minimum Gasteiger partial charge on any atom is -0.486 e. The Morgan fingerprint density at radius 2 is 1.70 bits per heavy atom. The lowest BCUT2D eigenvalue weighted by molar-refractivity contribution is 0.171. The van der Waals surface area contributed by atoms with Crippen molar-refractivity contribution in [3.8, 4) is 11.5 Å². The first-order valence-corrected chi connectivity index (χ1v) is 7.07.